The van der Waals surface area contributed by atoms with E-state index in [0.29, 0.717) is 12.2 Å². The topological polar surface area (TPSA) is 63.6 Å². The van der Waals surface area contributed by atoms with Crippen LogP contribution in [-0.4, -0.2) is 23.7 Å². The van der Waals surface area contributed by atoms with Gasteiger partial charge in [0, 0.05) is 5.57 Å². The predicted molar refractivity (Wildman–Crippen MR) is 74.6 cm³/mol. The van der Waals surface area contributed by atoms with Gasteiger partial charge < -0.3 is 9.84 Å². The Balaban J connectivity index is 0.000000459. The van der Waals surface area contributed by atoms with Crippen molar-refractivity contribution in [3.8, 4) is 0 Å². The predicted octanol–water partition coefficient (Wildman–Crippen LogP) is 2.91. The fourth-order valence-electron chi connectivity index (χ4n) is 0.975. The van der Waals surface area contributed by atoms with Crippen LogP contribution in [0.1, 0.15) is 19.4 Å². The molecule has 1 aromatic carbocycles. The Hall–Kier alpha value is -2.36. The van der Waals surface area contributed by atoms with Gasteiger partial charge in [-0.3, -0.25) is 0 Å². The summed E-state index contributed by atoms with van der Waals surface area (Å²) in [5.41, 5.74) is 1.39. The number of carbonyl (C=O) groups is 2. The Bertz CT molecular complexity index is 448. The van der Waals surface area contributed by atoms with E-state index in [0.717, 1.165) is 5.56 Å². The van der Waals surface area contributed by atoms with E-state index >= 15 is 0 Å². The number of hydrogen-bond donors (Lipinski definition) is 1. The van der Waals surface area contributed by atoms with Crippen molar-refractivity contribution in [3.05, 3.63) is 54.6 Å². The largest absolute Gasteiger partial charge is 0.478 e. The van der Waals surface area contributed by atoms with E-state index < -0.39 is 5.97 Å². The molecule has 0 saturated heterocycles. The van der Waals surface area contributed by atoms with Crippen molar-refractivity contribution in [2.45, 2.75) is 13.8 Å². The molecule has 1 rings (SSSR count). The van der Waals surface area contributed by atoms with Gasteiger partial charge >= 0.3 is 11.9 Å². The zero-order chi connectivity index (χ0) is 14.8. The minimum Gasteiger partial charge on any atom is -0.478 e. The molecule has 0 aliphatic carbocycles. The Morgan fingerprint density at radius 2 is 1.68 bits per heavy atom. The summed E-state index contributed by atoms with van der Waals surface area (Å²) in [6.07, 6.45) is 0. The molecule has 0 aromatic heterocycles. The van der Waals surface area contributed by atoms with E-state index in [9.17, 15) is 9.59 Å². The molecular formula is C15H18O4. The highest BCUT2D eigenvalue weighted by atomic mass is 16.5. The summed E-state index contributed by atoms with van der Waals surface area (Å²) >= 11 is 0. The van der Waals surface area contributed by atoms with Crippen LogP contribution in [0.4, 0.5) is 0 Å². The van der Waals surface area contributed by atoms with E-state index in [4.69, 9.17) is 9.84 Å². The highest BCUT2D eigenvalue weighted by molar-refractivity contribution is 6.15. The summed E-state index contributed by atoms with van der Waals surface area (Å²) in [6, 6.07) is 9.28. The van der Waals surface area contributed by atoms with E-state index in [-0.39, 0.29) is 11.5 Å². The van der Waals surface area contributed by atoms with Crippen molar-refractivity contribution in [1.82, 2.24) is 0 Å². The Morgan fingerprint density at radius 3 is 2.05 bits per heavy atom. The summed E-state index contributed by atoms with van der Waals surface area (Å²) < 4.78 is 4.82. The van der Waals surface area contributed by atoms with Crippen molar-refractivity contribution in [2.24, 2.45) is 0 Å². The van der Waals surface area contributed by atoms with Gasteiger partial charge in [0.25, 0.3) is 0 Å². The van der Waals surface area contributed by atoms with Gasteiger partial charge in [0.1, 0.15) is 0 Å². The number of carbonyl (C=O) groups excluding carboxylic acids is 1. The first-order valence-corrected chi connectivity index (χ1v) is 5.70. The molecule has 0 fully saturated rings. The zero-order valence-electron chi connectivity index (χ0n) is 11.2. The van der Waals surface area contributed by atoms with E-state index in [1.54, 1.807) is 6.92 Å². The SMILES string of the molecule is C=C(C(=O)OCC)c1ccccc1.C=C(C)C(=O)O. The van der Waals surface area contributed by atoms with Crippen molar-refractivity contribution >= 4 is 17.5 Å². The Kier molecular flexibility index (Phi) is 7.61. The average Bonchev–Trinajstić information content (AvgIpc) is 2.39. The summed E-state index contributed by atoms with van der Waals surface area (Å²) in [5.74, 6) is -1.29. The van der Waals surface area contributed by atoms with Crippen LogP contribution >= 0.6 is 0 Å². The molecule has 0 unspecified atom stereocenters. The van der Waals surface area contributed by atoms with Gasteiger partial charge in [0.2, 0.25) is 0 Å². The lowest BCUT2D eigenvalue weighted by Crippen LogP contribution is -2.05. The normalized spacial score (nSPS) is 8.74. The van der Waals surface area contributed by atoms with Gasteiger partial charge in [0.15, 0.2) is 0 Å². The molecule has 0 aliphatic rings. The van der Waals surface area contributed by atoms with Crippen LogP contribution < -0.4 is 0 Å². The van der Waals surface area contributed by atoms with Crippen LogP contribution in [0.15, 0.2) is 49.1 Å². The zero-order valence-corrected chi connectivity index (χ0v) is 11.2. The van der Waals surface area contributed by atoms with Gasteiger partial charge in [-0.15, -0.1) is 0 Å². The Labute approximate surface area is 113 Å². The first kappa shape index (κ1) is 16.6. The highest BCUT2D eigenvalue weighted by Gasteiger charge is 2.08. The second-order valence-corrected chi connectivity index (χ2v) is 3.65. The number of rotatable bonds is 4. The second kappa shape index (κ2) is 8.69. The molecule has 0 saturated carbocycles. The van der Waals surface area contributed by atoms with Gasteiger partial charge in [-0.25, -0.2) is 9.59 Å². The van der Waals surface area contributed by atoms with Crippen LogP contribution in [0.5, 0.6) is 0 Å². The molecule has 4 nitrogen and oxygen atoms in total. The molecule has 0 heterocycles. The fraction of sp³-hybridized carbons (Fsp3) is 0.200. The van der Waals surface area contributed by atoms with Crippen LogP contribution in [-0.2, 0) is 14.3 Å². The quantitative estimate of drug-likeness (QED) is 0.669. The van der Waals surface area contributed by atoms with Crippen LogP contribution in [0.3, 0.4) is 0 Å². The minimum absolute atomic E-state index is 0.176. The van der Waals surface area contributed by atoms with Crippen LogP contribution in [0.25, 0.3) is 5.57 Å². The summed E-state index contributed by atoms with van der Waals surface area (Å²) in [5, 5.41) is 7.89. The molecular weight excluding hydrogens is 244 g/mol. The first-order chi connectivity index (χ1) is 8.90. The number of carboxylic acids is 1. The molecule has 1 N–H and O–H groups in total. The molecule has 0 aliphatic heterocycles. The van der Waals surface area contributed by atoms with Gasteiger partial charge in [-0.05, 0) is 19.4 Å². The van der Waals surface area contributed by atoms with Crippen molar-refractivity contribution < 1.29 is 19.4 Å². The summed E-state index contributed by atoms with van der Waals surface area (Å²) in [6.45, 7) is 10.4. The van der Waals surface area contributed by atoms with Crippen molar-refractivity contribution in [1.29, 1.82) is 0 Å². The maximum Gasteiger partial charge on any atom is 0.338 e. The van der Waals surface area contributed by atoms with Crippen molar-refractivity contribution in [3.63, 3.8) is 0 Å². The molecule has 0 bridgehead atoms. The lowest BCUT2D eigenvalue weighted by molar-refractivity contribution is -0.136. The molecule has 0 radical (unpaired) electrons. The number of aliphatic carboxylic acids is 1. The average molecular weight is 262 g/mol. The standard InChI is InChI=1S/C11H12O2.C4H6O2/c1-3-13-11(12)9(2)10-7-5-4-6-8-10;1-3(2)4(5)6/h4-8H,2-3H2,1H3;1H2,2H3,(H,5,6). The van der Waals surface area contributed by atoms with Gasteiger partial charge in [0.05, 0.1) is 12.2 Å². The van der Waals surface area contributed by atoms with E-state index in [1.165, 1.54) is 6.92 Å². The number of hydrogen-bond acceptors (Lipinski definition) is 3. The van der Waals surface area contributed by atoms with E-state index in [1.807, 2.05) is 30.3 Å². The molecule has 4 heteroatoms. The monoisotopic (exact) mass is 262 g/mol. The lowest BCUT2D eigenvalue weighted by Gasteiger charge is -2.04. The second-order valence-electron chi connectivity index (χ2n) is 3.65. The Morgan fingerprint density at radius 1 is 1.21 bits per heavy atom. The third kappa shape index (κ3) is 6.83. The van der Waals surface area contributed by atoms with Crippen molar-refractivity contribution in [2.75, 3.05) is 6.61 Å². The molecule has 102 valence electrons. The van der Waals surface area contributed by atoms with Gasteiger partial charge in [-0.2, -0.15) is 0 Å². The molecule has 0 amide bonds. The van der Waals surface area contributed by atoms with Gasteiger partial charge in [-0.1, -0.05) is 43.5 Å². The highest BCUT2D eigenvalue weighted by Crippen LogP contribution is 2.12. The summed E-state index contributed by atoms with van der Waals surface area (Å²) in [7, 11) is 0. The fourth-order valence-corrected chi connectivity index (χ4v) is 0.975. The third-order valence-electron chi connectivity index (χ3n) is 2.01. The summed E-state index contributed by atoms with van der Waals surface area (Å²) in [4.78, 5) is 20.8. The van der Waals surface area contributed by atoms with E-state index in [2.05, 4.69) is 13.2 Å². The molecule has 1 aromatic rings. The number of carboxylic acid groups (broad SMARTS) is 1. The number of esters is 1. The van der Waals surface area contributed by atoms with Crippen LogP contribution in [0.2, 0.25) is 0 Å². The lowest BCUT2D eigenvalue weighted by atomic mass is 10.1. The maximum absolute atomic E-state index is 11.2. The number of ether oxygens (including phenoxy) is 1. The number of benzene rings is 1. The first-order valence-electron chi connectivity index (χ1n) is 5.70. The molecule has 0 spiro atoms. The maximum atomic E-state index is 11.2. The molecule has 19 heavy (non-hydrogen) atoms. The molecule has 0 atom stereocenters. The smallest absolute Gasteiger partial charge is 0.338 e. The minimum atomic E-state index is -0.935. The third-order valence-corrected chi connectivity index (χ3v) is 2.01. The van der Waals surface area contributed by atoms with Crippen LogP contribution in [0, 0.1) is 0 Å².